The smallest absolute Gasteiger partial charge is 0.183 e. The molecule has 0 fully saturated rings. The maximum atomic E-state index is 4.56. The largest absolute Gasteiger partial charge is 0.359 e. The van der Waals surface area contributed by atoms with Gasteiger partial charge in [-0.15, -0.1) is 11.3 Å². The predicted octanol–water partition coefficient (Wildman–Crippen LogP) is 3.32. The first-order chi connectivity index (χ1) is 11.1. The van der Waals surface area contributed by atoms with Gasteiger partial charge in [0.05, 0.1) is 5.69 Å². The van der Waals surface area contributed by atoms with Crippen LogP contribution < -0.4 is 5.32 Å². The molecule has 0 aromatic carbocycles. The Kier molecular flexibility index (Phi) is 6.59. The molecular weight excluding hydrogens is 306 g/mol. The standard InChI is InChI=1S/C15H23N5S.C2H6/c1-11(2)17-15-16-8-13(21-15)10-20-6-4-12-9-19(3)18-14(12)5-7-20;1-2/h8-9,11H,4-7,10H2,1-3H3,(H,16,17);1-2H3. The van der Waals surface area contributed by atoms with Gasteiger partial charge in [-0.2, -0.15) is 5.10 Å². The summed E-state index contributed by atoms with van der Waals surface area (Å²) in [7, 11) is 2.01. The zero-order valence-corrected chi connectivity index (χ0v) is 15.8. The van der Waals surface area contributed by atoms with Crippen LogP contribution in [0.25, 0.3) is 0 Å². The zero-order chi connectivity index (χ0) is 16.8. The molecule has 0 radical (unpaired) electrons. The number of hydrogen-bond acceptors (Lipinski definition) is 5. The molecule has 1 aliphatic heterocycles. The lowest BCUT2D eigenvalue weighted by molar-refractivity contribution is 0.280. The van der Waals surface area contributed by atoms with Gasteiger partial charge in [0.1, 0.15) is 0 Å². The van der Waals surface area contributed by atoms with Crippen LogP contribution in [0.3, 0.4) is 0 Å². The van der Waals surface area contributed by atoms with Crippen molar-refractivity contribution in [2.24, 2.45) is 7.05 Å². The lowest BCUT2D eigenvalue weighted by Crippen LogP contribution is -2.25. The van der Waals surface area contributed by atoms with Crippen molar-refractivity contribution in [3.05, 3.63) is 28.5 Å². The SMILES string of the molecule is CC.CC(C)Nc1ncc(CN2CCc3cn(C)nc3CC2)s1. The van der Waals surface area contributed by atoms with E-state index in [2.05, 4.69) is 40.3 Å². The molecule has 5 nitrogen and oxygen atoms in total. The van der Waals surface area contributed by atoms with Crippen molar-refractivity contribution < 1.29 is 0 Å². The topological polar surface area (TPSA) is 46.0 Å². The minimum atomic E-state index is 0.434. The normalized spacial score (nSPS) is 14.9. The summed E-state index contributed by atoms with van der Waals surface area (Å²) >= 11 is 1.77. The number of nitrogens with zero attached hydrogens (tertiary/aromatic N) is 4. The van der Waals surface area contributed by atoms with E-state index >= 15 is 0 Å². The van der Waals surface area contributed by atoms with Crippen molar-refractivity contribution in [2.75, 3.05) is 18.4 Å². The molecule has 3 heterocycles. The molecule has 1 N–H and O–H groups in total. The first-order valence-electron chi connectivity index (χ1n) is 8.55. The minimum Gasteiger partial charge on any atom is -0.359 e. The number of anilines is 1. The second-order valence-electron chi connectivity index (χ2n) is 5.98. The molecule has 3 rings (SSSR count). The van der Waals surface area contributed by atoms with Crippen molar-refractivity contribution in [1.82, 2.24) is 19.7 Å². The number of fused-ring (bicyclic) bond motifs is 1. The number of aromatic nitrogens is 3. The molecule has 1 aliphatic rings. The van der Waals surface area contributed by atoms with E-state index in [0.29, 0.717) is 6.04 Å². The Morgan fingerprint density at radius 2 is 2.00 bits per heavy atom. The molecule has 0 saturated heterocycles. The van der Waals surface area contributed by atoms with Crippen LogP contribution >= 0.6 is 11.3 Å². The van der Waals surface area contributed by atoms with Crippen LogP contribution in [0.2, 0.25) is 0 Å². The summed E-state index contributed by atoms with van der Waals surface area (Å²) < 4.78 is 1.94. The summed E-state index contributed by atoms with van der Waals surface area (Å²) in [5.74, 6) is 0. The Hall–Kier alpha value is -1.40. The molecule has 0 unspecified atom stereocenters. The van der Waals surface area contributed by atoms with Crippen molar-refractivity contribution in [3.63, 3.8) is 0 Å². The summed E-state index contributed by atoms with van der Waals surface area (Å²) in [5.41, 5.74) is 2.68. The maximum Gasteiger partial charge on any atom is 0.183 e. The van der Waals surface area contributed by atoms with E-state index in [1.807, 2.05) is 31.8 Å². The predicted molar refractivity (Wildman–Crippen MR) is 98.1 cm³/mol. The van der Waals surface area contributed by atoms with Crippen LogP contribution in [0.5, 0.6) is 0 Å². The van der Waals surface area contributed by atoms with Crippen molar-refractivity contribution in [3.8, 4) is 0 Å². The van der Waals surface area contributed by atoms with E-state index in [1.165, 1.54) is 16.1 Å². The van der Waals surface area contributed by atoms with Crippen molar-refractivity contribution >= 4 is 16.5 Å². The average Bonchev–Trinajstić information content (AvgIpc) is 3.05. The Balaban J connectivity index is 0.000000924. The van der Waals surface area contributed by atoms with E-state index < -0.39 is 0 Å². The fourth-order valence-electron chi connectivity index (χ4n) is 2.73. The fourth-order valence-corrected chi connectivity index (χ4v) is 3.73. The molecular formula is C17H29N5S. The van der Waals surface area contributed by atoms with Gasteiger partial charge in [0.2, 0.25) is 0 Å². The Morgan fingerprint density at radius 1 is 1.26 bits per heavy atom. The van der Waals surface area contributed by atoms with E-state index in [1.54, 1.807) is 11.3 Å². The van der Waals surface area contributed by atoms with Gasteiger partial charge in [0.15, 0.2) is 5.13 Å². The molecule has 0 spiro atoms. The molecule has 2 aromatic rings. The third-order valence-corrected chi connectivity index (χ3v) is 4.61. The van der Waals surface area contributed by atoms with E-state index in [9.17, 15) is 0 Å². The van der Waals surface area contributed by atoms with E-state index in [0.717, 1.165) is 37.6 Å². The van der Waals surface area contributed by atoms with Crippen LogP contribution in [0.4, 0.5) is 5.13 Å². The summed E-state index contributed by atoms with van der Waals surface area (Å²) in [6.45, 7) is 11.5. The molecule has 6 heteroatoms. The summed E-state index contributed by atoms with van der Waals surface area (Å²) in [6.07, 6.45) is 6.31. The first kappa shape index (κ1) is 17.9. The summed E-state index contributed by atoms with van der Waals surface area (Å²) in [6, 6.07) is 0.434. The van der Waals surface area contributed by atoms with Crippen LogP contribution in [0.15, 0.2) is 12.4 Å². The molecule has 0 amide bonds. The van der Waals surface area contributed by atoms with E-state index in [4.69, 9.17) is 0 Å². The average molecular weight is 336 g/mol. The second-order valence-corrected chi connectivity index (χ2v) is 7.10. The zero-order valence-electron chi connectivity index (χ0n) is 15.0. The quantitative estimate of drug-likeness (QED) is 0.931. The number of hydrogen-bond donors (Lipinski definition) is 1. The molecule has 23 heavy (non-hydrogen) atoms. The lowest BCUT2D eigenvalue weighted by atomic mass is 10.2. The number of rotatable bonds is 4. The third-order valence-electron chi connectivity index (χ3n) is 3.70. The van der Waals surface area contributed by atoms with Gasteiger partial charge in [-0.25, -0.2) is 4.98 Å². The monoisotopic (exact) mass is 335 g/mol. The first-order valence-corrected chi connectivity index (χ1v) is 9.37. The number of aryl methyl sites for hydroxylation is 1. The highest BCUT2D eigenvalue weighted by Crippen LogP contribution is 2.22. The van der Waals surface area contributed by atoms with Crippen molar-refractivity contribution in [2.45, 2.75) is 53.1 Å². The van der Waals surface area contributed by atoms with Crippen LogP contribution in [-0.2, 0) is 26.4 Å². The number of nitrogens with one attached hydrogen (secondary N) is 1. The Morgan fingerprint density at radius 3 is 2.74 bits per heavy atom. The van der Waals surface area contributed by atoms with Crippen LogP contribution in [0.1, 0.15) is 43.8 Å². The summed E-state index contributed by atoms with van der Waals surface area (Å²) in [5, 5.41) is 8.95. The highest BCUT2D eigenvalue weighted by atomic mass is 32.1. The van der Waals surface area contributed by atoms with Gasteiger partial charge in [-0.1, -0.05) is 13.8 Å². The molecule has 0 atom stereocenters. The number of thiazole rings is 1. The third kappa shape index (κ3) is 5.04. The van der Waals surface area contributed by atoms with Crippen LogP contribution in [-0.4, -0.2) is 38.8 Å². The highest BCUT2D eigenvalue weighted by molar-refractivity contribution is 7.15. The van der Waals surface area contributed by atoms with Gasteiger partial charge in [-0.3, -0.25) is 9.58 Å². The highest BCUT2D eigenvalue weighted by Gasteiger charge is 2.17. The molecule has 2 aromatic heterocycles. The lowest BCUT2D eigenvalue weighted by Gasteiger charge is -2.18. The molecule has 128 valence electrons. The van der Waals surface area contributed by atoms with Gasteiger partial charge in [0, 0.05) is 56.4 Å². The molecule has 0 saturated carbocycles. The Bertz CT molecular complexity index is 576. The minimum absolute atomic E-state index is 0.434. The van der Waals surface area contributed by atoms with Crippen LogP contribution in [0, 0.1) is 0 Å². The van der Waals surface area contributed by atoms with Gasteiger partial charge in [-0.05, 0) is 25.8 Å². The van der Waals surface area contributed by atoms with Crippen molar-refractivity contribution in [1.29, 1.82) is 0 Å². The van der Waals surface area contributed by atoms with Gasteiger partial charge >= 0.3 is 0 Å². The molecule has 0 aliphatic carbocycles. The summed E-state index contributed by atoms with van der Waals surface area (Å²) in [4.78, 5) is 8.29. The Labute approximate surface area is 143 Å². The molecule has 0 bridgehead atoms. The fraction of sp³-hybridized carbons (Fsp3) is 0.647. The van der Waals surface area contributed by atoms with E-state index in [-0.39, 0.29) is 0 Å². The maximum absolute atomic E-state index is 4.56. The van der Waals surface area contributed by atoms with Gasteiger partial charge < -0.3 is 5.32 Å². The second kappa shape index (κ2) is 8.45. The van der Waals surface area contributed by atoms with Gasteiger partial charge in [0.25, 0.3) is 0 Å².